The molecule has 1 aliphatic heterocycles. The topological polar surface area (TPSA) is 21.1 Å². The molecule has 1 fully saturated rings. The first-order valence-corrected chi connectivity index (χ1v) is 12.1. The quantitative estimate of drug-likeness (QED) is 0.266. The van der Waals surface area contributed by atoms with Crippen LogP contribution in [0.3, 0.4) is 0 Å². The number of halogens is 3. The van der Waals surface area contributed by atoms with Crippen LogP contribution in [0.4, 0.5) is 0 Å². The van der Waals surface area contributed by atoms with Gasteiger partial charge in [-0.1, -0.05) is 84.4 Å². The second kappa shape index (κ2) is 12.1. The van der Waals surface area contributed by atoms with Crippen molar-refractivity contribution in [3.63, 3.8) is 0 Å². The molecule has 1 aliphatic rings. The van der Waals surface area contributed by atoms with Gasteiger partial charge in [0.25, 0.3) is 0 Å². The fourth-order valence-corrected chi connectivity index (χ4v) is 5.29. The number of nitrogens with zero attached hydrogens (tertiary/aromatic N) is 3. The van der Waals surface area contributed by atoms with Crippen LogP contribution in [-0.4, -0.2) is 27.5 Å². The van der Waals surface area contributed by atoms with E-state index in [1.54, 1.807) is 0 Å². The van der Waals surface area contributed by atoms with Gasteiger partial charge in [0.1, 0.15) is 5.82 Å². The van der Waals surface area contributed by atoms with E-state index in [4.69, 9.17) is 16.6 Å². The first-order valence-electron chi connectivity index (χ1n) is 11.7. The van der Waals surface area contributed by atoms with Crippen LogP contribution >= 0.6 is 36.4 Å². The molecule has 0 saturated carbocycles. The summed E-state index contributed by atoms with van der Waals surface area (Å²) in [6.07, 6.45) is 5.10. The Morgan fingerprint density at radius 3 is 1.89 bits per heavy atom. The smallest absolute Gasteiger partial charge is 0.113 e. The van der Waals surface area contributed by atoms with Crippen molar-refractivity contribution in [2.45, 2.75) is 31.2 Å². The minimum absolute atomic E-state index is 0. The van der Waals surface area contributed by atoms with E-state index in [2.05, 4.69) is 89.3 Å². The summed E-state index contributed by atoms with van der Waals surface area (Å²) in [5.74, 6) is 1.09. The van der Waals surface area contributed by atoms with Gasteiger partial charge < -0.3 is 4.57 Å². The van der Waals surface area contributed by atoms with Crippen molar-refractivity contribution in [1.29, 1.82) is 0 Å². The zero-order valence-corrected chi connectivity index (χ0v) is 22.3. The number of likely N-dealkylation sites (tertiary alicyclic amines) is 1. The molecule has 6 heteroatoms. The monoisotopic (exact) mass is 527 g/mol. The summed E-state index contributed by atoms with van der Waals surface area (Å²) in [6.45, 7) is 3.08. The van der Waals surface area contributed by atoms with Crippen LogP contribution in [0.15, 0.2) is 91.1 Å². The van der Waals surface area contributed by atoms with Gasteiger partial charge in [-0.15, -0.1) is 24.8 Å². The van der Waals surface area contributed by atoms with Crippen LogP contribution in [0.5, 0.6) is 0 Å². The fraction of sp³-hybridized carbons (Fsp3) is 0.276. The van der Waals surface area contributed by atoms with Crippen molar-refractivity contribution in [2.75, 3.05) is 13.1 Å². The number of rotatable bonds is 6. The Kier molecular flexibility index (Phi) is 9.43. The van der Waals surface area contributed by atoms with Gasteiger partial charge >= 0.3 is 0 Å². The van der Waals surface area contributed by atoms with E-state index in [9.17, 15) is 0 Å². The molecule has 3 nitrogen and oxygen atoms in total. The van der Waals surface area contributed by atoms with Crippen LogP contribution in [0.25, 0.3) is 0 Å². The summed E-state index contributed by atoms with van der Waals surface area (Å²) in [5.41, 5.74) is 5.45. The molecule has 3 aromatic carbocycles. The van der Waals surface area contributed by atoms with E-state index < -0.39 is 0 Å². The van der Waals surface area contributed by atoms with Crippen LogP contribution in [-0.2, 0) is 25.4 Å². The molecule has 0 N–H and O–H groups in total. The second-order valence-electron chi connectivity index (χ2n) is 9.12. The molecular weight excluding hydrogens is 497 g/mol. The third-order valence-electron chi connectivity index (χ3n) is 7.20. The van der Waals surface area contributed by atoms with Crippen LogP contribution in [0, 0.1) is 0 Å². The largest absolute Gasteiger partial charge is 0.334 e. The van der Waals surface area contributed by atoms with Gasteiger partial charge in [-0.2, -0.15) is 0 Å². The third-order valence-corrected chi connectivity index (χ3v) is 7.46. The zero-order chi connectivity index (χ0) is 22.7. The predicted molar refractivity (Wildman–Crippen MR) is 150 cm³/mol. The van der Waals surface area contributed by atoms with Gasteiger partial charge in [-0.25, -0.2) is 4.98 Å². The SMILES string of the molecule is Cl.Cl.Cn1c(CN2CCC(c3ccccc3)(c3ccccc3)CC2)cnc1Cc1ccc(Cl)cc1. The summed E-state index contributed by atoms with van der Waals surface area (Å²) in [5, 5.41) is 0.770. The van der Waals surface area contributed by atoms with E-state index in [0.29, 0.717) is 0 Å². The van der Waals surface area contributed by atoms with Gasteiger partial charge in [0.2, 0.25) is 0 Å². The van der Waals surface area contributed by atoms with Gasteiger partial charge in [0, 0.05) is 36.6 Å². The van der Waals surface area contributed by atoms with E-state index in [0.717, 1.165) is 49.7 Å². The van der Waals surface area contributed by atoms with Crippen molar-refractivity contribution in [3.8, 4) is 0 Å². The maximum Gasteiger partial charge on any atom is 0.113 e. The molecule has 0 amide bonds. The van der Waals surface area contributed by atoms with Crippen molar-refractivity contribution in [3.05, 3.63) is 124 Å². The third kappa shape index (κ3) is 5.92. The summed E-state index contributed by atoms with van der Waals surface area (Å²) >= 11 is 6.03. The molecule has 1 aromatic heterocycles. The highest BCUT2D eigenvalue weighted by atomic mass is 35.5. The molecule has 4 aromatic rings. The molecule has 0 radical (unpaired) electrons. The maximum atomic E-state index is 6.03. The van der Waals surface area contributed by atoms with Crippen molar-refractivity contribution in [2.24, 2.45) is 7.05 Å². The highest BCUT2D eigenvalue weighted by Gasteiger charge is 2.37. The Hall–Kier alpha value is -2.30. The standard InChI is InChI=1S/C29H30ClN3.2ClH/c1-32-27(21-31-28(32)20-23-12-14-26(30)15-13-23)22-33-18-16-29(17-19-33,24-8-4-2-5-9-24)25-10-6-3-7-11-25;;/h2-15,21H,16-20,22H2,1H3;2*1H. The van der Waals surface area contributed by atoms with Crippen LogP contribution in [0.2, 0.25) is 5.02 Å². The van der Waals surface area contributed by atoms with Crippen LogP contribution < -0.4 is 0 Å². The van der Waals surface area contributed by atoms with Gasteiger partial charge in [0.15, 0.2) is 0 Å². The minimum atomic E-state index is 0. The molecule has 35 heavy (non-hydrogen) atoms. The number of hydrogen-bond donors (Lipinski definition) is 0. The average molecular weight is 529 g/mol. The lowest BCUT2D eigenvalue weighted by Gasteiger charge is -2.43. The normalized spacial score (nSPS) is 15.1. The van der Waals surface area contributed by atoms with Crippen molar-refractivity contribution in [1.82, 2.24) is 14.5 Å². The number of imidazole rings is 1. The predicted octanol–water partition coefficient (Wildman–Crippen LogP) is 7.09. The average Bonchev–Trinajstić information content (AvgIpc) is 3.21. The van der Waals surface area contributed by atoms with Crippen molar-refractivity contribution < 1.29 is 0 Å². The van der Waals surface area contributed by atoms with E-state index in [-0.39, 0.29) is 30.2 Å². The molecule has 5 rings (SSSR count). The lowest BCUT2D eigenvalue weighted by atomic mass is 9.68. The summed E-state index contributed by atoms with van der Waals surface area (Å²) in [4.78, 5) is 7.30. The molecule has 2 heterocycles. The molecule has 0 unspecified atom stereocenters. The Morgan fingerprint density at radius 1 is 0.800 bits per heavy atom. The van der Waals surface area contributed by atoms with Gasteiger partial charge in [-0.3, -0.25) is 4.90 Å². The van der Waals surface area contributed by atoms with E-state index in [1.165, 1.54) is 22.4 Å². The summed E-state index contributed by atoms with van der Waals surface area (Å²) in [7, 11) is 2.13. The second-order valence-corrected chi connectivity index (χ2v) is 9.55. The highest BCUT2D eigenvalue weighted by Crippen LogP contribution is 2.41. The fourth-order valence-electron chi connectivity index (χ4n) is 5.16. The Balaban J connectivity index is 0.00000171. The number of benzene rings is 3. The van der Waals surface area contributed by atoms with Crippen LogP contribution in [0.1, 0.15) is 41.1 Å². The Bertz CT molecular complexity index is 1140. The van der Waals surface area contributed by atoms with Gasteiger partial charge in [0.05, 0.1) is 5.69 Å². The van der Waals surface area contributed by atoms with Gasteiger partial charge in [-0.05, 0) is 54.8 Å². The molecule has 1 saturated heterocycles. The Labute approximate surface area is 226 Å². The molecule has 0 aliphatic carbocycles. The first-order chi connectivity index (χ1) is 16.1. The summed E-state index contributed by atoms with van der Waals surface area (Å²) in [6, 6.07) is 30.1. The lowest BCUT2D eigenvalue weighted by molar-refractivity contribution is 0.169. The zero-order valence-electron chi connectivity index (χ0n) is 19.9. The van der Waals surface area contributed by atoms with E-state index >= 15 is 0 Å². The number of piperidine rings is 1. The lowest BCUT2D eigenvalue weighted by Crippen LogP contribution is -2.43. The maximum absolute atomic E-state index is 6.03. The van der Waals surface area contributed by atoms with E-state index in [1.807, 2.05) is 18.3 Å². The minimum Gasteiger partial charge on any atom is -0.334 e. The molecule has 184 valence electrons. The van der Waals surface area contributed by atoms with Crippen molar-refractivity contribution >= 4 is 36.4 Å². The molecule has 0 bridgehead atoms. The first kappa shape index (κ1) is 27.3. The number of aromatic nitrogens is 2. The summed E-state index contributed by atoms with van der Waals surface area (Å²) < 4.78 is 2.25. The molecular formula is C29H32Cl3N3. The number of hydrogen-bond acceptors (Lipinski definition) is 2. The Morgan fingerprint density at radius 2 is 1.34 bits per heavy atom. The highest BCUT2D eigenvalue weighted by molar-refractivity contribution is 6.30. The molecule has 0 atom stereocenters. The molecule has 0 spiro atoms.